The van der Waals surface area contributed by atoms with Gasteiger partial charge in [-0.3, -0.25) is 14.5 Å². The molecule has 0 aliphatic rings. The average molecular weight is 495 g/mol. The van der Waals surface area contributed by atoms with Crippen molar-refractivity contribution in [1.82, 2.24) is 4.98 Å². The normalized spacial score (nSPS) is 10.9. The van der Waals surface area contributed by atoms with Gasteiger partial charge in [0.05, 0.1) is 16.8 Å². The molecule has 0 unspecified atom stereocenters. The number of carbonyl (C=O) groups is 2. The van der Waals surface area contributed by atoms with Crippen molar-refractivity contribution in [3.63, 3.8) is 0 Å². The van der Waals surface area contributed by atoms with Crippen molar-refractivity contribution in [2.24, 2.45) is 0 Å². The van der Waals surface area contributed by atoms with Gasteiger partial charge in [0, 0.05) is 21.6 Å². The number of fused-ring (bicyclic) bond motifs is 1. The summed E-state index contributed by atoms with van der Waals surface area (Å²) in [6, 6.07) is 32.0. The highest BCUT2D eigenvalue weighted by atomic mass is 32.2. The maximum atomic E-state index is 13.7. The molecule has 0 N–H and O–H groups in total. The van der Waals surface area contributed by atoms with E-state index in [1.807, 2.05) is 73.0 Å². The molecule has 0 radical (unpaired) electrons. The summed E-state index contributed by atoms with van der Waals surface area (Å²) in [7, 11) is 0. The van der Waals surface area contributed by atoms with Crippen LogP contribution in [0, 0.1) is 0 Å². The zero-order chi connectivity index (χ0) is 24.2. The molecule has 4 aromatic carbocycles. The summed E-state index contributed by atoms with van der Waals surface area (Å²) in [6.07, 6.45) is 2.03. The molecule has 6 heteroatoms. The predicted molar refractivity (Wildman–Crippen MR) is 145 cm³/mol. The Bertz CT molecular complexity index is 1480. The highest BCUT2D eigenvalue weighted by Gasteiger charge is 2.23. The summed E-state index contributed by atoms with van der Waals surface area (Å²) in [6.45, 7) is 0.402. The Kier molecular flexibility index (Phi) is 6.75. The molecule has 5 aromatic rings. The van der Waals surface area contributed by atoms with Crippen LogP contribution >= 0.6 is 23.1 Å². The quantitative estimate of drug-likeness (QED) is 0.179. The van der Waals surface area contributed by atoms with E-state index in [0.717, 1.165) is 20.7 Å². The molecule has 0 saturated carbocycles. The first kappa shape index (κ1) is 23.0. The molecule has 4 nitrogen and oxygen atoms in total. The number of amides is 1. The fourth-order valence-corrected chi connectivity index (χ4v) is 5.48. The number of carbonyl (C=O) groups excluding carboxylic acids is 2. The zero-order valence-corrected chi connectivity index (χ0v) is 20.7. The third-order valence-corrected chi connectivity index (χ3v) is 7.49. The average Bonchev–Trinajstić information content (AvgIpc) is 3.36. The predicted octanol–water partition coefficient (Wildman–Crippen LogP) is 7.10. The minimum Gasteiger partial charge on any atom is -0.289 e. The van der Waals surface area contributed by atoms with Gasteiger partial charge in [-0.25, -0.2) is 4.98 Å². The summed E-state index contributed by atoms with van der Waals surface area (Å²) in [5.41, 5.74) is 3.61. The third-order valence-electron chi connectivity index (χ3n) is 5.68. The maximum Gasteiger partial charge on any atom is 0.260 e. The van der Waals surface area contributed by atoms with E-state index < -0.39 is 0 Å². The number of aromatic nitrogens is 1. The van der Waals surface area contributed by atoms with E-state index in [4.69, 9.17) is 4.98 Å². The van der Waals surface area contributed by atoms with Crippen molar-refractivity contribution in [2.45, 2.75) is 11.4 Å². The smallest absolute Gasteiger partial charge is 0.260 e. The van der Waals surface area contributed by atoms with Crippen LogP contribution in [-0.2, 0) is 6.54 Å². The number of hydrogen-bond donors (Lipinski definition) is 0. The summed E-state index contributed by atoms with van der Waals surface area (Å²) in [4.78, 5) is 34.2. The number of anilines is 1. The molecule has 0 aliphatic heterocycles. The first-order valence-electron chi connectivity index (χ1n) is 11.1. The van der Waals surface area contributed by atoms with Crippen LogP contribution in [0.4, 0.5) is 5.13 Å². The lowest BCUT2D eigenvalue weighted by Gasteiger charge is -2.20. The third kappa shape index (κ3) is 4.90. The van der Waals surface area contributed by atoms with Gasteiger partial charge < -0.3 is 0 Å². The molecule has 35 heavy (non-hydrogen) atoms. The van der Waals surface area contributed by atoms with Crippen LogP contribution in [0.2, 0.25) is 0 Å². The Labute approximate surface area is 212 Å². The topological polar surface area (TPSA) is 50.3 Å². The van der Waals surface area contributed by atoms with E-state index in [0.29, 0.717) is 28.4 Å². The minimum absolute atomic E-state index is 0.0680. The Balaban J connectivity index is 1.49. The number of benzene rings is 4. The van der Waals surface area contributed by atoms with Gasteiger partial charge >= 0.3 is 0 Å². The first-order valence-corrected chi connectivity index (χ1v) is 13.2. The van der Waals surface area contributed by atoms with Crippen molar-refractivity contribution >= 4 is 50.1 Å². The molecule has 0 bridgehead atoms. The monoisotopic (exact) mass is 494 g/mol. The van der Waals surface area contributed by atoms with Crippen molar-refractivity contribution in [3.05, 3.63) is 125 Å². The lowest BCUT2D eigenvalue weighted by molar-refractivity contribution is 0.0982. The van der Waals surface area contributed by atoms with Gasteiger partial charge in [0.15, 0.2) is 10.9 Å². The Morgan fingerprint density at radius 1 is 0.771 bits per heavy atom. The van der Waals surface area contributed by atoms with Crippen LogP contribution in [0.1, 0.15) is 31.8 Å². The van der Waals surface area contributed by atoms with Crippen molar-refractivity contribution in [1.29, 1.82) is 0 Å². The summed E-state index contributed by atoms with van der Waals surface area (Å²) >= 11 is 3.15. The van der Waals surface area contributed by atoms with Crippen LogP contribution in [0.5, 0.6) is 0 Å². The molecule has 1 amide bonds. The minimum atomic E-state index is -0.155. The lowest BCUT2D eigenvalue weighted by atomic mass is 10.0. The number of nitrogens with zero attached hydrogens (tertiary/aromatic N) is 2. The molecular formula is C29H22N2O2S2. The molecule has 5 rings (SSSR count). The van der Waals surface area contributed by atoms with Crippen molar-refractivity contribution in [3.8, 4) is 0 Å². The Hall–Kier alpha value is -3.74. The molecule has 1 heterocycles. The second-order valence-corrected chi connectivity index (χ2v) is 9.81. The molecule has 0 saturated heterocycles. The number of rotatable bonds is 7. The van der Waals surface area contributed by atoms with Crippen LogP contribution < -0.4 is 4.90 Å². The van der Waals surface area contributed by atoms with Crippen LogP contribution in [0.15, 0.2) is 108 Å². The molecule has 0 atom stereocenters. The maximum absolute atomic E-state index is 13.7. The summed E-state index contributed by atoms with van der Waals surface area (Å²) < 4.78 is 1.04. The fraction of sp³-hybridized carbons (Fsp3) is 0.0690. The van der Waals surface area contributed by atoms with Gasteiger partial charge in [-0.2, -0.15) is 0 Å². The van der Waals surface area contributed by atoms with Crippen LogP contribution in [0.3, 0.4) is 0 Å². The van der Waals surface area contributed by atoms with Crippen LogP contribution in [-0.4, -0.2) is 22.9 Å². The number of thioether (sulfide) groups is 1. The summed E-state index contributed by atoms with van der Waals surface area (Å²) in [5, 5.41) is 0.653. The second-order valence-electron chi connectivity index (χ2n) is 7.95. The highest BCUT2D eigenvalue weighted by molar-refractivity contribution is 7.98. The van der Waals surface area contributed by atoms with Gasteiger partial charge in [0.1, 0.15) is 0 Å². The van der Waals surface area contributed by atoms with E-state index in [1.54, 1.807) is 53.1 Å². The number of thiazole rings is 1. The van der Waals surface area contributed by atoms with E-state index in [-0.39, 0.29) is 11.7 Å². The molecular weight excluding hydrogens is 472 g/mol. The van der Waals surface area contributed by atoms with Crippen LogP contribution in [0.25, 0.3) is 10.2 Å². The fourth-order valence-electron chi connectivity index (χ4n) is 3.86. The molecule has 1 aromatic heterocycles. The Morgan fingerprint density at radius 3 is 2.09 bits per heavy atom. The molecule has 0 spiro atoms. The zero-order valence-electron chi connectivity index (χ0n) is 19.0. The number of para-hydroxylation sites is 1. The van der Waals surface area contributed by atoms with Gasteiger partial charge in [0.25, 0.3) is 5.91 Å². The number of ketones is 1. The highest BCUT2D eigenvalue weighted by Crippen LogP contribution is 2.35. The van der Waals surface area contributed by atoms with Gasteiger partial charge in [-0.1, -0.05) is 90.2 Å². The van der Waals surface area contributed by atoms with E-state index in [1.165, 1.54) is 11.3 Å². The van der Waals surface area contributed by atoms with E-state index in [9.17, 15) is 9.59 Å². The molecule has 0 aliphatic carbocycles. The van der Waals surface area contributed by atoms with Crippen molar-refractivity contribution < 1.29 is 9.59 Å². The standard InChI is InChI=1S/C29H22N2O2S2/c1-34-24-13-8-14-25-26(24)30-29(35-25)31(19-20-9-4-2-5-10-20)28(33)23-17-15-22(16-18-23)27(32)21-11-6-3-7-12-21/h2-18H,19H2,1H3. The van der Waals surface area contributed by atoms with E-state index in [2.05, 4.69) is 0 Å². The van der Waals surface area contributed by atoms with Gasteiger partial charge in [0.2, 0.25) is 0 Å². The SMILES string of the molecule is CSc1cccc2sc(N(Cc3ccccc3)C(=O)c3ccc(C(=O)c4ccccc4)cc3)nc12. The van der Waals surface area contributed by atoms with Crippen molar-refractivity contribution in [2.75, 3.05) is 11.2 Å². The van der Waals surface area contributed by atoms with Gasteiger partial charge in [-0.15, -0.1) is 11.8 Å². The first-order chi connectivity index (χ1) is 17.1. The molecule has 172 valence electrons. The lowest BCUT2D eigenvalue weighted by Crippen LogP contribution is -2.30. The number of hydrogen-bond acceptors (Lipinski definition) is 5. The van der Waals surface area contributed by atoms with Gasteiger partial charge in [-0.05, 0) is 36.1 Å². The molecule has 0 fully saturated rings. The summed E-state index contributed by atoms with van der Waals surface area (Å²) in [5.74, 6) is -0.223. The second kappa shape index (κ2) is 10.3. The van der Waals surface area contributed by atoms with E-state index >= 15 is 0 Å². The Morgan fingerprint density at radius 2 is 1.40 bits per heavy atom. The largest absolute Gasteiger partial charge is 0.289 e.